The van der Waals surface area contributed by atoms with Crippen molar-refractivity contribution in [3.63, 3.8) is 0 Å². The molecular weight excluding hydrogens is 339 g/mol. The summed E-state index contributed by atoms with van der Waals surface area (Å²) >= 11 is 11.7. The van der Waals surface area contributed by atoms with Crippen LogP contribution in [0.2, 0.25) is 10.0 Å². The van der Waals surface area contributed by atoms with Crippen molar-refractivity contribution >= 4 is 45.9 Å². The first kappa shape index (κ1) is 15.5. The highest BCUT2D eigenvalue weighted by molar-refractivity contribution is 6.31. The molecule has 0 atom stereocenters. The number of hydrogen-bond acceptors (Lipinski definition) is 4. The first-order chi connectivity index (χ1) is 11.0. The van der Waals surface area contributed by atoms with Crippen LogP contribution in [0.1, 0.15) is 21.7 Å². The van der Waals surface area contributed by atoms with E-state index in [0.29, 0.717) is 26.5 Å². The second-order valence-corrected chi connectivity index (χ2v) is 5.78. The Hall–Kier alpha value is -2.37. The first-order valence-corrected chi connectivity index (χ1v) is 7.37. The Bertz CT molecular complexity index is 917. The van der Waals surface area contributed by atoms with Crippen LogP contribution in [0.3, 0.4) is 0 Å². The number of benzene rings is 1. The van der Waals surface area contributed by atoms with Crippen LogP contribution in [-0.4, -0.2) is 21.7 Å². The first-order valence-electron chi connectivity index (χ1n) is 6.62. The second kappa shape index (κ2) is 6.02. The molecule has 1 aromatic carbocycles. The van der Waals surface area contributed by atoms with Gasteiger partial charge in [0.15, 0.2) is 0 Å². The maximum absolute atomic E-state index is 12.6. The van der Waals surface area contributed by atoms with Crippen LogP contribution in [-0.2, 0) is 11.2 Å². The highest BCUT2D eigenvalue weighted by Gasteiger charge is 2.20. The van der Waals surface area contributed by atoms with Gasteiger partial charge in [0.2, 0.25) is 5.78 Å². The highest BCUT2D eigenvalue weighted by Crippen LogP contribution is 2.27. The lowest BCUT2D eigenvalue weighted by atomic mass is 10.0. The quantitative estimate of drug-likeness (QED) is 0.734. The minimum absolute atomic E-state index is 0.154. The number of carbonyl (C=O) groups excluding carboxylic acids is 2. The predicted octanol–water partition coefficient (Wildman–Crippen LogP) is 2.39. The molecule has 0 aliphatic rings. The normalized spacial score (nSPS) is 10.9. The van der Waals surface area contributed by atoms with Crippen molar-refractivity contribution < 1.29 is 14.7 Å². The maximum atomic E-state index is 12.6. The van der Waals surface area contributed by atoms with E-state index in [1.807, 2.05) is 0 Å². The second-order valence-electron chi connectivity index (χ2n) is 4.91. The van der Waals surface area contributed by atoms with Gasteiger partial charge in [0.25, 0.3) is 0 Å². The number of ketones is 1. The van der Waals surface area contributed by atoms with Gasteiger partial charge in [-0.1, -0.05) is 23.2 Å². The molecule has 3 aromatic rings. The van der Waals surface area contributed by atoms with Crippen molar-refractivity contribution in [3.05, 3.63) is 63.5 Å². The zero-order valence-electron chi connectivity index (χ0n) is 11.6. The molecule has 2 heterocycles. The molecule has 0 saturated carbocycles. The number of rotatable bonds is 4. The summed E-state index contributed by atoms with van der Waals surface area (Å²) in [5.41, 5.74) is 1.25. The van der Waals surface area contributed by atoms with Crippen molar-refractivity contribution in [2.45, 2.75) is 6.42 Å². The number of aliphatic carboxylic acids is 1. The summed E-state index contributed by atoms with van der Waals surface area (Å²) in [7, 11) is 0. The number of nitrogens with zero attached hydrogens (tertiary/aromatic N) is 1. The zero-order valence-corrected chi connectivity index (χ0v) is 13.1. The number of aromatic amines is 1. The number of pyridine rings is 1. The Labute approximate surface area is 140 Å². The fourth-order valence-electron chi connectivity index (χ4n) is 2.38. The Balaban J connectivity index is 2.17. The average Bonchev–Trinajstić information content (AvgIpc) is 2.85. The monoisotopic (exact) mass is 347 g/mol. The van der Waals surface area contributed by atoms with Crippen LogP contribution >= 0.6 is 23.2 Å². The number of carboxylic acids is 1. The Morgan fingerprint density at radius 2 is 1.87 bits per heavy atom. The number of carbonyl (C=O) groups is 2. The Morgan fingerprint density at radius 3 is 2.52 bits per heavy atom. The van der Waals surface area contributed by atoms with Crippen molar-refractivity contribution in [2.75, 3.05) is 0 Å². The van der Waals surface area contributed by atoms with Gasteiger partial charge in [-0.15, -0.1) is 0 Å². The van der Waals surface area contributed by atoms with E-state index >= 15 is 0 Å². The molecule has 0 unspecified atom stereocenters. The third-order valence-corrected chi connectivity index (χ3v) is 3.84. The van der Waals surface area contributed by atoms with Crippen LogP contribution in [0.5, 0.6) is 0 Å². The molecular formula is C16H9Cl2N2O3-. The van der Waals surface area contributed by atoms with Crippen LogP contribution in [0.4, 0.5) is 0 Å². The maximum Gasteiger partial charge on any atom is 0.227 e. The lowest BCUT2D eigenvalue weighted by Gasteiger charge is -2.05. The van der Waals surface area contributed by atoms with Gasteiger partial charge in [0, 0.05) is 34.5 Å². The van der Waals surface area contributed by atoms with Crippen molar-refractivity contribution in [1.82, 2.24) is 9.97 Å². The summed E-state index contributed by atoms with van der Waals surface area (Å²) in [4.78, 5) is 30.6. The number of H-pyrrole nitrogens is 1. The Kier molecular flexibility index (Phi) is 4.07. The summed E-state index contributed by atoms with van der Waals surface area (Å²) in [6.45, 7) is 0. The third kappa shape index (κ3) is 3.06. The molecule has 0 fully saturated rings. The topological polar surface area (TPSA) is 85.9 Å². The van der Waals surface area contributed by atoms with E-state index < -0.39 is 18.2 Å². The number of carboxylic acid groups (broad SMARTS) is 1. The molecule has 23 heavy (non-hydrogen) atoms. The zero-order chi connectivity index (χ0) is 16.6. The number of aromatic nitrogens is 2. The number of hydrogen-bond donors (Lipinski definition) is 1. The molecule has 5 nitrogen and oxygen atoms in total. The highest BCUT2D eigenvalue weighted by atomic mass is 35.5. The van der Waals surface area contributed by atoms with Gasteiger partial charge < -0.3 is 14.9 Å². The largest absolute Gasteiger partial charge is 0.550 e. The van der Waals surface area contributed by atoms with Crippen LogP contribution in [0.25, 0.3) is 10.9 Å². The van der Waals surface area contributed by atoms with Crippen LogP contribution in [0.15, 0.2) is 36.5 Å². The van der Waals surface area contributed by atoms with Crippen molar-refractivity contribution in [3.8, 4) is 0 Å². The van der Waals surface area contributed by atoms with E-state index in [9.17, 15) is 14.7 Å². The van der Waals surface area contributed by atoms with Gasteiger partial charge in [0.05, 0.1) is 10.7 Å². The molecule has 0 bridgehead atoms. The lowest BCUT2D eigenvalue weighted by Crippen LogP contribution is -2.25. The van der Waals surface area contributed by atoms with Crippen molar-refractivity contribution in [2.24, 2.45) is 0 Å². The summed E-state index contributed by atoms with van der Waals surface area (Å²) in [6, 6.07) is 7.96. The predicted molar refractivity (Wildman–Crippen MR) is 84.7 cm³/mol. The molecule has 3 rings (SSSR count). The van der Waals surface area contributed by atoms with Gasteiger partial charge in [-0.3, -0.25) is 9.78 Å². The number of halogens is 2. The van der Waals surface area contributed by atoms with Crippen LogP contribution < -0.4 is 5.11 Å². The van der Waals surface area contributed by atoms with E-state index in [1.165, 1.54) is 12.3 Å². The summed E-state index contributed by atoms with van der Waals surface area (Å²) in [6.07, 6.45) is 0.946. The van der Waals surface area contributed by atoms with E-state index in [1.54, 1.807) is 24.3 Å². The molecule has 0 spiro atoms. The number of fused-ring (bicyclic) bond motifs is 1. The standard InChI is InChI=1S/C16H10Cl2N2O3/c17-8-1-3-12-10(5-8)11(6-14(21)22)15(20-12)16(23)13-4-2-9(18)7-19-13/h1-5,7,20H,6H2,(H,21,22)/p-1. The number of nitrogens with one attached hydrogen (secondary N) is 1. The van der Waals surface area contributed by atoms with Gasteiger partial charge >= 0.3 is 0 Å². The summed E-state index contributed by atoms with van der Waals surface area (Å²) < 4.78 is 0. The van der Waals surface area contributed by atoms with Crippen molar-refractivity contribution in [1.29, 1.82) is 0 Å². The third-order valence-electron chi connectivity index (χ3n) is 3.38. The molecule has 0 radical (unpaired) electrons. The van der Waals surface area contributed by atoms with E-state index in [-0.39, 0.29) is 11.4 Å². The van der Waals surface area contributed by atoms with Crippen LogP contribution in [0, 0.1) is 0 Å². The summed E-state index contributed by atoms with van der Waals surface area (Å²) in [5.74, 6) is -1.71. The fourth-order valence-corrected chi connectivity index (χ4v) is 2.66. The molecule has 2 aromatic heterocycles. The molecule has 0 amide bonds. The molecule has 0 aliphatic heterocycles. The fraction of sp³-hybridized carbons (Fsp3) is 0.0625. The molecule has 116 valence electrons. The summed E-state index contributed by atoms with van der Waals surface area (Å²) in [5, 5.41) is 12.5. The average molecular weight is 348 g/mol. The van der Waals surface area contributed by atoms with E-state index in [0.717, 1.165) is 0 Å². The van der Waals surface area contributed by atoms with E-state index in [4.69, 9.17) is 23.2 Å². The molecule has 0 aliphatic carbocycles. The Morgan fingerprint density at radius 1 is 1.13 bits per heavy atom. The smallest absolute Gasteiger partial charge is 0.227 e. The SMILES string of the molecule is O=C([O-])Cc1c(C(=O)c2ccc(Cl)cn2)[nH]c2ccc(Cl)cc12. The minimum atomic E-state index is -1.29. The molecule has 1 N–H and O–H groups in total. The van der Waals surface area contributed by atoms with Gasteiger partial charge in [-0.25, -0.2) is 0 Å². The molecule has 7 heteroatoms. The van der Waals surface area contributed by atoms with E-state index in [2.05, 4.69) is 9.97 Å². The lowest BCUT2D eigenvalue weighted by molar-refractivity contribution is -0.304. The van der Waals surface area contributed by atoms with Gasteiger partial charge in [-0.2, -0.15) is 0 Å². The van der Waals surface area contributed by atoms with Gasteiger partial charge in [0.1, 0.15) is 5.69 Å². The minimum Gasteiger partial charge on any atom is -0.550 e. The van der Waals surface area contributed by atoms with Gasteiger partial charge in [-0.05, 0) is 35.9 Å². The molecule has 0 saturated heterocycles.